The zero-order valence-corrected chi connectivity index (χ0v) is 70.4. The second-order valence-corrected chi connectivity index (χ2v) is 32.9. The molecule has 3 amide bonds. The smallest absolute Gasteiger partial charge is 0.549 e. The van der Waals surface area contributed by atoms with Gasteiger partial charge in [0, 0.05) is 74.4 Å². The molecule has 0 radical (unpaired) electrons. The molecule has 11 aromatic rings. The van der Waals surface area contributed by atoms with Gasteiger partial charge in [-0.2, -0.15) is 0 Å². The normalized spacial score (nSPS) is 11.1. The number of aromatic nitrogens is 4. The molecule has 3 heterocycles. The van der Waals surface area contributed by atoms with Gasteiger partial charge in [-0.1, -0.05) is 154 Å². The maximum absolute atomic E-state index is 13.3. The second kappa shape index (κ2) is 40.0. The first kappa shape index (κ1) is 86.3. The number of amides is 3. The van der Waals surface area contributed by atoms with Crippen LogP contribution in [0.25, 0.3) is 53.4 Å². The fourth-order valence-electron chi connectivity index (χ4n) is 10.4. The van der Waals surface area contributed by atoms with Crippen molar-refractivity contribution in [3.63, 3.8) is 0 Å². The van der Waals surface area contributed by atoms with Crippen molar-refractivity contribution in [1.29, 1.82) is 0 Å². The van der Waals surface area contributed by atoms with Gasteiger partial charge in [0.1, 0.15) is 37.7 Å². The van der Waals surface area contributed by atoms with E-state index in [2.05, 4.69) is 36.7 Å². The molecule has 11 rings (SSSR count). The number of carbonyl (C=O) groups is 6. The third-order valence-electron chi connectivity index (χ3n) is 16.7. The van der Waals surface area contributed by atoms with Gasteiger partial charge >= 0.3 is 65.1 Å². The van der Waals surface area contributed by atoms with E-state index in [1.807, 2.05) is 218 Å². The Bertz CT molecular complexity index is 4590. The molecule has 0 saturated carbocycles. The minimum absolute atomic E-state index is 0. The number of anilines is 3. The molecule has 0 saturated heterocycles. The van der Waals surface area contributed by atoms with Gasteiger partial charge in [0.05, 0.1) is 31.2 Å². The van der Waals surface area contributed by atoms with Gasteiger partial charge in [-0.05, 0) is 175 Å². The van der Waals surface area contributed by atoms with Crippen molar-refractivity contribution in [3.8, 4) is 53.4 Å². The summed E-state index contributed by atoms with van der Waals surface area (Å²) in [6.07, 6.45) is 3.58. The zero-order valence-electron chi connectivity index (χ0n) is 62.3. The molecule has 542 valence electrons. The third kappa shape index (κ3) is 23.5. The molecule has 24 heteroatoms. The Morgan fingerprint density at radius 3 is 1.09 bits per heavy atom. The number of nitrogens with one attached hydrogen (secondary N) is 3. The quantitative estimate of drug-likeness (QED) is 0.0212. The summed E-state index contributed by atoms with van der Waals surface area (Å²) >= 11 is 6.66. The average Bonchev–Trinajstić information content (AvgIpc) is 1.67. The van der Waals surface area contributed by atoms with Crippen molar-refractivity contribution >= 4 is 111 Å². The molecule has 0 aliphatic carbocycles. The molecule has 0 aliphatic rings. The SMILES string of the molecule is CCc1ccc(NC(=O)c2nc(-c3ccc(SC(C)(C)C(=O)O)cc3)sc2-c2ccccc2)cc1.CCc1ccc(NC(=O)c2nc(-c3ccc(SC(C)(C)C(=O)[O-])cc3)n(CCCOC)c2C)cc1.CCc1ccc(NC(=O)c2nc(-c3ccc(SC(C)(C)C(=O)[O-])cc3)sc2-c2ccccc2)cc1.[Na+].[Na+]. The van der Waals surface area contributed by atoms with E-state index < -0.39 is 32.1 Å². The van der Waals surface area contributed by atoms with Gasteiger partial charge < -0.3 is 50.2 Å². The van der Waals surface area contributed by atoms with E-state index in [-0.39, 0.29) is 76.8 Å². The Kier molecular flexibility index (Phi) is 32.2. The summed E-state index contributed by atoms with van der Waals surface area (Å²) in [5.74, 6) is -3.19. The number of thiazole rings is 2. The Balaban J connectivity index is 0.000000222. The van der Waals surface area contributed by atoms with Gasteiger partial charge in [0.2, 0.25) is 0 Å². The molecule has 0 fully saturated rings. The molecular formula is C83H83N7Na2O10S5. The van der Waals surface area contributed by atoms with Crippen LogP contribution in [0.1, 0.15) is 123 Å². The number of carboxylic acid groups (broad SMARTS) is 3. The minimum Gasteiger partial charge on any atom is -0.549 e. The number of aryl methyl sites for hydroxylation is 3. The van der Waals surface area contributed by atoms with Crippen LogP contribution in [0.4, 0.5) is 17.1 Å². The molecule has 0 bridgehead atoms. The number of ether oxygens (including phenoxy) is 1. The van der Waals surface area contributed by atoms with Crippen molar-refractivity contribution in [2.24, 2.45) is 0 Å². The number of hydrogen-bond donors (Lipinski definition) is 4. The first-order valence-corrected chi connectivity index (χ1v) is 38.2. The summed E-state index contributed by atoms with van der Waals surface area (Å²) in [6, 6.07) is 65.6. The van der Waals surface area contributed by atoms with E-state index in [0.717, 1.165) is 106 Å². The topological polar surface area (TPSA) is 258 Å². The van der Waals surface area contributed by atoms with Gasteiger partial charge in [-0.25, -0.2) is 15.0 Å². The summed E-state index contributed by atoms with van der Waals surface area (Å²) in [4.78, 5) is 92.0. The Hall–Kier alpha value is -7.94. The number of methoxy groups -OCH3 is 1. The van der Waals surface area contributed by atoms with E-state index in [9.17, 15) is 44.1 Å². The van der Waals surface area contributed by atoms with E-state index in [1.54, 1.807) is 48.7 Å². The molecule has 0 unspecified atom stereocenters. The number of rotatable bonds is 27. The summed E-state index contributed by atoms with van der Waals surface area (Å²) in [5, 5.41) is 42.4. The summed E-state index contributed by atoms with van der Waals surface area (Å²) in [6.45, 7) is 19.2. The first-order chi connectivity index (χ1) is 50.2. The van der Waals surface area contributed by atoms with E-state index in [1.165, 1.54) is 74.6 Å². The van der Waals surface area contributed by atoms with Crippen molar-refractivity contribution in [2.45, 2.75) is 130 Å². The molecule has 17 nitrogen and oxygen atoms in total. The number of imidazole rings is 1. The van der Waals surface area contributed by atoms with Crippen LogP contribution < -0.4 is 85.3 Å². The predicted octanol–water partition coefficient (Wildman–Crippen LogP) is 11.5. The molecule has 3 aromatic heterocycles. The average molecular weight is 1540 g/mol. The standard InChI is InChI=1S/2C28H26N2O3S2.C27H33N3O4S.2Na/c2*1-4-18-10-14-21(15-11-18)29-25(31)23-24(19-8-6-5-7-9-19)34-26(30-23)20-12-16-22(17-13-20)35-28(2,3)27(32)33;1-6-19-8-12-21(13-9-19)28-25(31)23-18(2)30(16-7-17-34-5)24(29-23)20-10-14-22(15-11-20)35-27(3,4)26(32)33;;/h2*5-17H,4H2,1-3H3,(H,29,31)(H,32,33);8-15H,6-7,16-17H2,1-5H3,(H,28,31)(H,32,33);;/q;;;2*+1/p-2. The molecular weight excluding hydrogens is 1460 g/mol. The molecule has 0 spiro atoms. The third-order valence-corrected chi connectivity index (χ3v) is 22.6. The fourth-order valence-corrected chi connectivity index (χ4v) is 15.4. The van der Waals surface area contributed by atoms with Crippen molar-refractivity contribution in [1.82, 2.24) is 19.5 Å². The van der Waals surface area contributed by atoms with Crippen LogP contribution in [0, 0.1) is 6.92 Å². The number of nitrogens with zero attached hydrogens (tertiary/aromatic N) is 4. The Morgan fingerprint density at radius 2 is 0.776 bits per heavy atom. The number of benzene rings is 8. The number of hydrogen-bond acceptors (Lipinski definition) is 17. The van der Waals surface area contributed by atoms with E-state index >= 15 is 0 Å². The number of thioether (sulfide) groups is 3. The molecule has 8 aromatic carbocycles. The van der Waals surface area contributed by atoms with Crippen LogP contribution in [0.5, 0.6) is 0 Å². The van der Waals surface area contributed by atoms with Crippen LogP contribution in [0.3, 0.4) is 0 Å². The van der Waals surface area contributed by atoms with Crippen LogP contribution in [-0.2, 0) is 44.9 Å². The summed E-state index contributed by atoms with van der Waals surface area (Å²) in [5.41, 5.74) is 12.1. The number of carbonyl (C=O) groups excluding carboxylic acids is 5. The van der Waals surface area contributed by atoms with E-state index in [4.69, 9.17) is 19.7 Å². The van der Waals surface area contributed by atoms with Crippen LogP contribution >= 0.6 is 58.0 Å². The number of carboxylic acids is 3. The maximum atomic E-state index is 13.3. The fraction of sp³-hybridized carbons (Fsp3) is 0.241. The molecule has 4 N–H and O–H groups in total. The Labute approximate surface area is 690 Å². The van der Waals surface area contributed by atoms with Gasteiger partial charge in [-0.15, -0.1) is 58.0 Å². The maximum Gasteiger partial charge on any atom is 1.00 e. The predicted molar refractivity (Wildman–Crippen MR) is 424 cm³/mol. The number of aliphatic carboxylic acids is 3. The molecule has 107 heavy (non-hydrogen) atoms. The van der Waals surface area contributed by atoms with E-state index in [0.29, 0.717) is 41.1 Å². The first-order valence-electron chi connectivity index (χ1n) is 34.1. The summed E-state index contributed by atoms with van der Waals surface area (Å²) < 4.78 is 4.23. The largest absolute Gasteiger partial charge is 1.00 e. The van der Waals surface area contributed by atoms with Gasteiger partial charge in [0.25, 0.3) is 17.7 Å². The van der Waals surface area contributed by atoms with Crippen molar-refractivity contribution < 1.29 is 108 Å². The Morgan fingerprint density at radius 1 is 0.449 bits per heavy atom. The second-order valence-electron chi connectivity index (χ2n) is 25.8. The van der Waals surface area contributed by atoms with Crippen LogP contribution in [-0.4, -0.2) is 88.2 Å². The van der Waals surface area contributed by atoms with Crippen molar-refractivity contribution in [2.75, 3.05) is 29.7 Å². The minimum atomic E-state index is -1.11. The molecule has 0 atom stereocenters. The summed E-state index contributed by atoms with van der Waals surface area (Å²) in [7, 11) is 1.66. The van der Waals surface area contributed by atoms with Crippen LogP contribution in [0.2, 0.25) is 0 Å². The van der Waals surface area contributed by atoms with Crippen LogP contribution in [0.15, 0.2) is 221 Å². The zero-order chi connectivity index (χ0) is 75.6. The van der Waals surface area contributed by atoms with Gasteiger partial charge in [0.15, 0.2) is 0 Å². The molecule has 0 aliphatic heterocycles. The monoisotopic (exact) mass is 1540 g/mol. The van der Waals surface area contributed by atoms with Crippen molar-refractivity contribution in [3.05, 3.63) is 246 Å². The van der Waals surface area contributed by atoms with Gasteiger partial charge in [-0.3, -0.25) is 19.2 Å².